The minimum absolute atomic E-state index is 0.149. The van der Waals surface area contributed by atoms with Gasteiger partial charge in [0, 0.05) is 18.2 Å². The second-order valence-corrected chi connectivity index (χ2v) is 5.89. The van der Waals surface area contributed by atoms with Crippen molar-refractivity contribution >= 4 is 5.78 Å². The number of fused-ring (bicyclic) bond motifs is 1. The first-order chi connectivity index (χ1) is 9.72. The molecule has 4 nitrogen and oxygen atoms in total. The van der Waals surface area contributed by atoms with Crippen LogP contribution in [0.2, 0.25) is 0 Å². The molecular weight excluding hydrogens is 252 g/mol. The zero-order chi connectivity index (χ0) is 13.9. The summed E-state index contributed by atoms with van der Waals surface area (Å²) < 4.78 is 0. The summed E-state index contributed by atoms with van der Waals surface area (Å²) in [6.07, 6.45) is 3.72. The first kappa shape index (κ1) is 13.6. The number of phenolic OH excluding ortho intramolecular Hbond substituents is 1. The van der Waals surface area contributed by atoms with Crippen molar-refractivity contribution in [2.75, 3.05) is 32.7 Å². The van der Waals surface area contributed by atoms with E-state index >= 15 is 0 Å². The average Bonchev–Trinajstić information content (AvgIpc) is 2.78. The lowest BCUT2D eigenvalue weighted by molar-refractivity contribution is 0.0925. The van der Waals surface area contributed by atoms with Crippen LogP contribution in [0.25, 0.3) is 0 Å². The summed E-state index contributed by atoms with van der Waals surface area (Å²) in [5, 5.41) is 9.27. The molecule has 0 amide bonds. The molecule has 2 aliphatic rings. The summed E-state index contributed by atoms with van der Waals surface area (Å²) in [7, 11) is 0. The van der Waals surface area contributed by atoms with Crippen molar-refractivity contribution in [3.63, 3.8) is 0 Å². The number of benzene rings is 1. The Morgan fingerprint density at radius 2 is 1.90 bits per heavy atom. The van der Waals surface area contributed by atoms with Gasteiger partial charge in [0.15, 0.2) is 5.78 Å². The van der Waals surface area contributed by atoms with Crippen LogP contribution in [0.3, 0.4) is 0 Å². The Bertz CT molecular complexity index is 472. The maximum absolute atomic E-state index is 12.3. The Kier molecular flexibility index (Phi) is 4.03. The number of rotatable bonds is 3. The fraction of sp³-hybridized carbons (Fsp3) is 0.562. The number of phenols is 1. The molecule has 20 heavy (non-hydrogen) atoms. The minimum atomic E-state index is 0.149. The molecular formula is C16H22N2O2. The highest BCUT2D eigenvalue weighted by Crippen LogP contribution is 2.21. The van der Waals surface area contributed by atoms with Crippen LogP contribution < -0.4 is 0 Å². The molecule has 2 saturated heterocycles. The van der Waals surface area contributed by atoms with Gasteiger partial charge in [0.2, 0.25) is 0 Å². The van der Waals surface area contributed by atoms with E-state index in [9.17, 15) is 9.90 Å². The highest BCUT2D eigenvalue weighted by molar-refractivity contribution is 5.97. The number of Topliss-reactive ketones (excluding diaryl/α,β-unsaturated/α-hetero) is 1. The third-order valence-electron chi connectivity index (χ3n) is 4.44. The van der Waals surface area contributed by atoms with Crippen LogP contribution in [-0.4, -0.2) is 59.5 Å². The van der Waals surface area contributed by atoms with Gasteiger partial charge in [0.25, 0.3) is 0 Å². The molecule has 2 aliphatic heterocycles. The quantitative estimate of drug-likeness (QED) is 0.853. The van der Waals surface area contributed by atoms with Crippen LogP contribution in [-0.2, 0) is 0 Å². The topological polar surface area (TPSA) is 43.8 Å². The van der Waals surface area contributed by atoms with E-state index in [1.807, 2.05) is 0 Å². The lowest BCUT2D eigenvalue weighted by atomic mass is 10.1. The third-order valence-corrected chi connectivity index (χ3v) is 4.44. The smallest absolute Gasteiger partial charge is 0.176 e. The molecule has 2 heterocycles. The molecule has 0 spiro atoms. The first-order valence-electron chi connectivity index (χ1n) is 7.51. The maximum atomic E-state index is 12.3. The van der Waals surface area contributed by atoms with Gasteiger partial charge in [-0.1, -0.05) is 0 Å². The van der Waals surface area contributed by atoms with Gasteiger partial charge in [-0.15, -0.1) is 0 Å². The highest BCUT2D eigenvalue weighted by Gasteiger charge is 2.29. The van der Waals surface area contributed by atoms with Gasteiger partial charge in [0.05, 0.1) is 6.54 Å². The van der Waals surface area contributed by atoms with E-state index in [-0.39, 0.29) is 11.5 Å². The number of ketones is 1. The summed E-state index contributed by atoms with van der Waals surface area (Å²) in [6, 6.07) is 7.21. The zero-order valence-electron chi connectivity index (χ0n) is 11.8. The average molecular weight is 274 g/mol. The number of hydrogen-bond donors (Lipinski definition) is 1. The SMILES string of the molecule is O=C(CN1CCCN2CCCC2C1)c1ccc(O)cc1. The number of carbonyl (C=O) groups excluding carboxylic acids is 1. The Labute approximate surface area is 120 Å². The molecule has 0 aliphatic carbocycles. The van der Waals surface area contributed by atoms with E-state index in [2.05, 4.69) is 9.80 Å². The lowest BCUT2D eigenvalue weighted by Gasteiger charge is -2.25. The normalized spacial score (nSPS) is 24.3. The van der Waals surface area contributed by atoms with Crippen molar-refractivity contribution in [3.8, 4) is 5.75 Å². The zero-order valence-corrected chi connectivity index (χ0v) is 11.8. The predicted octanol–water partition coefficient (Wildman–Crippen LogP) is 1.74. The molecule has 1 atom stereocenters. The van der Waals surface area contributed by atoms with Gasteiger partial charge in [-0.05, 0) is 63.2 Å². The second kappa shape index (κ2) is 5.94. The molecule has 1 unspecified atom stereocenters. The molecule has 3 rings (SSSR count). The van der Waals surface area contributed by atoms with E-state index in [1.54, 1.807) is 24.3 Å². The van der Waals surface area contributed by atoms with Crippen molar-refractivity contribution in [2.24, 2.45) is 0 Å². The van der Waals surface area contributed by atoms with E-state index < -0.39 is 0 Å². The van der Waals surface area contributed by atoms with Gasteiger partial charge in [0.1, 0.15) is 5.75 Å². The summed E-state index contributed by atoms with van der Waals surface area (Å²) >= 11 is 0. The van der Waals surface area contributed by atoms with Crippen molar-refractivity contribution in [3.05, 3.63) is 29.8 Å². The van der Waals surface area contributed by atoms with E-state index in [4.69, 9.17) is 0 Å². The molecule has 0 bridgehead atoms. The van der Waals surface area contributed by atoms with Crippen molar-refractivity contribution < 1.29 is 9.90 Å². The Balaban J connectivity index is 1.61. The Morgan fingerprint density at radius 3 is 2.70 bits per heavy atom. The first-order valence-corrected chi connectivity index (χ1v) is 7.51. The monoisotopic (exact) mass is 274 g/mol. The molecule has 108 valence electrons. The van der Waals surface area contributed by atoms with Gasteiger partial charge >= 0.3 is 0 Å². The number of carbonyl (C=O) groups is 1. The summed E-state index contributed by atoms with van der Waals surface area (Å²) in [5.41, 5.74) is 0.690. The third kappa shape index (κ3) is 3.02. The van der Waals surface area contributed by atoms with E-state index in [0.29, 0.717) is 18.2 Å². The minimum Gasteiger partial charge on any atom is -0.508 e. The predicted molar refractivity (Wildman–Crippen MR) is 78.1 cm³/mol. The maximum Gasteiger partial charge on any atom is 0.176 e. The number of nitrogens with zero attached hydrogens (tertiary/aromatic N) is 2. The van der Waals surface area contributed by atoms with Crippen molar-refractivity contribution in [1.29, 1.82) is 0 Å². The molecule has 0 radical (unpaired) electrons. The fourth-order valence-electron chi connectivity index (χ4n) is 3.37. The van der Waals surface area contributed by atoms with Gasteiger partial charge in [-0.25, -0.2) is 0 Å². The second-order valence-electron chi connectivity index (χ2n) is 5.89. The highest BCUT2D eigenvalue weighted by atomic mass is 16.3. The standard InChI is InChI=1S/C16H22N2O2/c19-15-6-4-13(5-7-15)16(20)12-17-8-2-10-18-9-1-3-14(18)11-17/h4-7,14,19H,1-3,8-12H2. The van der Waals surface area contributed by atoms with E-state index in [1.165, 1.54) is 25.9 Å². The van der Waals surface area contributed by atoms with Crippen LogP contribution in [0.15, 0.2) is 24.3 Å². The molecule has 0 saturated carbocycles. The van der Waals surface area contributed by atoms with Gasteiger partial charge < -0.3 is 5.11 Å². The van der Waals surface area contributed by atoms with E-state index in [0.717, 1.165) is 19.5 Å². The summed E-state index contributed by atoms with van der Waals surface area (Å²) in [6.45, 7) is 4.93. The van der Waals surface area contributed by atoms with Crippen molar-refractivity contribution in [2.45, 2.75) is 25.3 Å². The molecule has 1 aromatic carbocycles. The number of aromatic hydroxyl groups is 1. The van der Waals surface area contributed by atoms with Gasteiger partial charge in [-0.2, -0.15) is 0 Å². The van der Waals surface area contributed by atoms with Crippen LogP contribution in [0.5, 0.6) is 5.75 Å². The molecule has 0 aromatic heterocycles. The summed E-state index contributed by atoms with van der Waals surface area (Å²) in [5.74, 6) is 0.356. The van der Waals surface area contributed by atoms with Crippen molar-refractivity contribution in [1.82, 2.24) is 9.80 Å². The molecule has 1 N–H and O–H groups in total. The molecule has 2 fully saturated rings. The largest absolute Gasteiger partial charge is 0.508 e. The Morgan fingerprint density at radius 1 is 1.15 bits per heavy atom. The van der Waals surface area contributed by atoms with Crippen LogP contribution >= 0.6 is 0 Å². The van der Waals surface area contributed by atoms with Crippen LogP contribution in [0.1, 0.15) is 29.6 Å². The molecule has 4 heteroatoms. The van der Waals surface area contributed by atoms with Crippen LogP contribution in [0, 0.1) is 0 Å². The van der Waals surface area contributed by atoms with Crippen LogP contribution in [0.4, 0.5) is 0 Å². The number of hydrogen-bond acceptors (Lipinski definition) is 4. The summed E-state index contributed by atoms with van der Waals surface area (Å²) in [4.78, 5) is 17.2. The van der Waals surface area contributed by atoms with Gasteiger partial charge in [-0.3, -0.25) is 14.6 Å². The lowest BCUT2D eigenvalue weighted by Crippen LogP contribution is -2.38. The molecule has 1 aromatic rings. The Hall–Kier alpha value is -1.39. The fourth-order valence-corrected chi connectivity index (χ4v) is 3.37.